The van der Waals surface area contributed by atoms with Gasteiger partial charge in [0.05, 0.1) is 29.8 Å². The molecular weight excluding hydrogens is 590 g/mol. The number of aromatic nitrogens is 2. The number of amides is 1. The van der Waals surface area contributed by atoms with Gasteiger partial charge in [0.2, 0.25) is 5.91 Å². The number of allylic oxidation sites excluding steroid dienone is 5. The van der Waals surface area contributed by atoms with Crippen LogP contribution in [0.25, 0.3) is 5.57 Å². The number of carboxylic acids is 1. The average molecular weight is 632 g/mol. The Hall–Kier alpha value is -4.14. The Kier molecular flexibility index (Phi) is 12.6. The van der Waals surface area contributed by atoms with Crippen LogP contribution in [0.15, 0.2) is 84.1 Å². The number of carbonyl (C=O) groups excluding carboxylic acids is 1. The SMILES string of the molecule is CCCCn1cc(/C(C)=C/C=C(C)\C=C\Cl)nc1C(Cc1ccc(Oc2ccc(C(=O)O)cc2)cc1)NC(=O)CC1CCCO1. The lowest BCUT2D eigenvalue weighted by molar-refractivity contribution is -0.124. The highest BCUT2D eigenvalue weighted by Crippen LogP contribution is 2.27. The Morgan fingerprint density at radius 3 is 2.47 bits per heavy atom. The van der Waals surface area contributed by atoms with Crippen LogP contribution in [0.4, 0.5) is 0 Å². The topological polar surface area (TPSA) is 103 Å². The molecule has 1 amide bonds. The molecule has 3 aromatic rings. The number of ether oxygens (including phenoxy) is 2. The summed E-state index contributed by atoms with van der Waals surface area (Å²) in [5.41, 5.74) is 5.60. The molecule has 8 nitrogen and oxygen atoms in total. The van der Waals surface area contributed by atoms with E-state index in [1.165, 1.54) is 17.7 Å². The van der Waals surface area contributed by atoms with Gasteiger partial charge in [0, 0.05) is 24.9 Å². The number of carbonyl (C=O) groups is 2. The lowest BCUT2D eigenvalue weighted by Crippen LogP contribution is -2.34. The van der Waals surface area contributed by atoms with Crippen LogP contribution in [0.2, 0.25) is 0 Å². The molecule has 0 spiro atoms. The van der Waals surface area contributed by atoms with E-state index in [9.17, 15) is 9.59 Å². The van der Waals surface area contributed by atoms with Gasteiger partial charge >= 0.3 is 5.97 Å². The Labute approximate surface area is 270 Å². The van der Waals surface area contributed by atoms with Gasteiger partial charge in [-0.05, 0) is 93.1 Å². The summed E-state index contributed by atoms with van der Waals surface area (Å²) in [5.74, 6) is 0.947. The van der Waals surface area contributed by atoms with E-state index in [4.69, 9.17) is 31.2 Å². The fourth-order valence-corrected chi connectivity index (χ4v) is 5.30. The van der Waals surface area contributed by atoms with Gasteiger partial charge in [-0.3, -0.25) is 4.79 Å². The number of carboxylic acid groups (broad SMARTS) is 1. The molecule has 1 aliphatic rings. The van der Waals surface area contributed by atoms with Crippen molar-refractivity contribution in [2.24, 2.45) is 0 Å². The Bertz CT molecular complexity index is 1520. The number of halogens is 1. The molecule has 2 unspecified atom stereocenters. The quantitative estimate of drug-likeness (QED) is 0.164. The second-order valence-corrected chi connectivity index (χ2v) is 11.6. The lowest BCUT2D eigenvalue weighted by atomic mass is 10.0. The van der Waals surface area contributed by atoms with Gasteiger partial charge < -0.3 is 24.5 Å². The van der Waals surface area contributed by atoms with Crippen molar-refractivity contribution in [3.8, 4) is 11.5 Å². The first-order chi connectivity index (χ1) is 21.7. The fourth-order valence-electron chi connectivity index (χ4n) is 5.11. The summed E-state index contributed by atoms with van der Waals surface area (Å²) >= 11 is 5.73. The normalized spacial score (nSPS) is 16.2. The first-order valence-corrected chi connectivity index (χ1v) is 15.9. The number of aromatic carboxylic acids is 1. The van der Waals surface area contributed by atoms with Gasteiger partial charge in [-0.15, -0.1) is 0 Å². The highest BCUT2D eigenvalue weighted by molar-refractivity contribution is 6.25. The fraction of sp³-hybridized carbons (Fsp3) is 0.361. The van der Waals surface area contributed by atoms with Gasteiger partial charge in [-0.25, -0.2) is 9.78 Å². The second kappa shape index (κ2) is 16.8. The molecule has 4 rings (SSSR count). The molecule has 2 aromatic carbocycles. The zero-order chi connectivity index (χ0) is 32.2. The predicted octanol–water partition coefficient (Wildman–Crippen LogP) is 8.24. The van der Waals surface area contributed by atoms with E-state index in [2.05, 4.69) is 23.0 Å². The van der Waals surface area contributed by atoms with Gasteiger partial charge in [-0.1, -0.05) is 54.8 Å². The third kappa shape index (κ3) is 10.2. The zero-order valence-electron chi connectivity index (χ0n) is 26.2. The van der Waals surface area contributed by atoms with Crippen molar-refractivity contribution >= 4 is 29.1 Å². The van der Waals surface area contributed by atoms with E-state index in [0.29, 0.717) is 30.9 Å². The molecule has 2 atom stereocenters. The van der Waals surface area contributed by atoms with Crippen LogP contribution in [0.3, 0.4) is 0 Å². The summed E-state index contributed by atoms with van der Waals surface area (Å²) in [5, 5.41) is 12.4. The smallest absolute Gasteiger partial charge is 0.335 e. The minimum Gasteiger partial charge on any atom is -0.478 e. The van der Waals surface area contributed by atoms with Crippen molar-refractivity contribution in [2.75, 3.05) is 6.61 Å². The molecular formula is C36H42ClN3O5. The molecule has 1 aliphatic heterocycles. The maximum atomic E-state index is 13.3. The van der Waals surface area contributed by atoms with Gasteiger partial charge in [-0.2, -0.15) is 0 Å². The van der Waals surface area contributed by atoms with Crippen LogP contribution in [-0.4, -0.2) is 39.2 Å². The number of aryl methyl sites for hydroxylation is 1. The van der Waals surface area contributed by atoms with E-state index >= 15 is 0 Å². The van der Waals surface area contributed by atoms with Crippen molar-refractivity contribution in [2.45, 2.75) is 78.0 Å². The molecule has 0 saturated carbocycles. The average Bonchev–Trinajstić information content (AvgIpc) is 3.70. The number of benzene rings is 2. The minimum absolute atomic E-state index is 0.0516. The number of rotatable bonds is 15. The molecule has 0 bridgehead atoms. The molecule has 0 radical (unpaired) electrons. The predicted molar refractivity (Wildman–Crippen MR) is 178 cm³/mol. The van der Waals surface area contributed by atoms with E-state index in [1.54, 1.807) is 12.1 Å². The molecule has 2 N–H and O–H groups in total. The summed E-state index contributed by atoms with van der Waals surface area (Å²) in [6.45, 7) is 7.67. The van der Waals surface area contributed by atoms with Crippen LogP contribution in [0.5, 0.6) is 11.5 Å². The van der Waals surface area contributed by atoms with Crippen molar-refractivity contribution in [3.63, 3.8) is 0 Å². The standard InChI is InChI=1S/C36H42ClN3O5/c1-4-5-20-40-24-33(26(3)9-8-25(2)18-19-37)39-35(40)32(38-34(41)23-31-7-6-21-44-31)22-27-10-14-29(15-11-27)45-30-16-12-28(13-17-30)36(42)43/h8-19,24,31-32H,4-7,20-23H2,1-3H3,(H,38,41)(H,42,43)/b19-18+,25-8-,26-9+. The van der Waals surface area contributed by atoms with Crippen molar-refractivity contribution in [1.82, 2.24) is 14.9 Å². The number of imidazole rings is 1. The summed E-state index contributed by atoms with van der Waals surface area (Å²) < 4.78 is 13.8. The number of nitrogens with zero attached hydrogens (tertiary/aromatic N) is 2. The third-order valence-electron chi connectivity index (χ3n) is 7.67. The van der Waals surface area contributed by atoms with Crippen LogP contribution < -0.4 is 10.1 Å². The number of nitrogens with one attached hydrogen (secondary N) is 1. The molecule has 9 heteroatoms. The molecule has 1 fully saturated rings. The van der Waals surface area contributed by atoms with Crippen molar-refractivity contribution in [3.05, 3.63) is 107 Å². The molecule has 0 aliphatic carbocycles. The molecule has 238 valence electrons. The largest absolute Gasteiger partial charge is 0.478 e. The Morgan fingerprint density at radius 2 is 1.84 bits per heavy atom. The monoisotopic (exact) mass is 631 g/mol. The maximum absolute atomic E-state index is 13.3. The summed E-state index contributed by atoms with van der Waals surface area (Å²) in [4.78, 5) is 29.5. The highest BCUT2D eigenvalue weighted by atomic mass is 35.5. The number of unbranched alkanes of at least 4 members (excludes halogenated alkanes) is 1. The summed E-state index contributed by atoms with van der Waals surface area (Å²) in [6.07, 6.45) is 12.6. The Morgan fingerprint density at radius 1 is 1.13 bits per heavy atom. The van der Waals surface area contributed by atoms with Gasteiger partial charge in [0.25, 0.3) is 0 Å². The molecule has 45 heavy (non-hydrogen) atoms. The summed E-state index contributed by atoms with van der Waals surface area (Å²) in [6, 6.07) is 13.6. The van der Waals surface area contributed by atoms with Crippen LogP contribution in [0.1, 0.15) is 86.4 Å². The number of hydrogen-bond donors (Lipinski definition) is 2. The first kappa shape index (κ1) is 33.7. The van der Waals surface area contributed by atoms with Gasteiger partial charge in [0.1, 0.15) is 17.3 Å². The molecule has 1 aromatic heterocycles. The van der Waals surface area contributed by atoms with E-state index < -0.39 is 5.97 Å². The van der Waals surface area contributed by atoms with Crippen LogP contribution >= 0.6 is 11.6 Å². The Balaban J connectivity index is 1.59. The van der Waals surface area contributed by atoms with Crippen LogP contribution in [0, 0.1) is 0 Å². The number of hydrogen-bond acceptors (Lipinski definition) is 5. The second-order valence-electron chi connectivity index (χ2n) is 11.3. The van der Waals surface area contributed by atoms with Crippen molar-refractivity contribution in [1.29, 1.82) is 0 Å². The summed E-state index contributed by atoms with van der Waals surface area (Å²) in [7, 11) is 0. The molecule has 2 heterocycles. The van der Waals surface area contributed by atoms with Gasteiger partial charge in [0.15, 0.2) is 0 Å². The maximum Gasteiger partial charge on any atom is 0.335 e. The minimum atomic E-state index is -0.983. The molecule has 1 saturated heterocycles. The first-order valence-electron chi connectivity index (χ1n) is 15.5. The van der Waals surface area contributed by atoms with Crippen LogP contribution in [-0.2, 0) is 22.5 Å². The van der Waals surface area contributed by atoms with E-state index in [-0.39, 0.29) is 23.6 Å². The highest BCUT2D eigenvalue weighted by Gasteiger charge is 2.25. The van der Waals surface area contributed by atoms with Crippen molar-refractivity contribution < 1.29 is 24.2 Å². The lowest BCUT2D eigenvalue weighted by Gasteiger charge is -2.21. The third-order valence-corrected chi connectivity index (χ3v) is 7.80. The zero-order valence-corrected chi connectivity index (χ0v) is 26.9. The van der Waals surface area contributed by atoms with E-state index in [1.807, 2.05) is 56.3 Å². The van der Waals surface area contributed by atoms with E-state index in [0.717, 1.165) is 60.5 Å².